The summed E-state index contributed by atoms with van der Waals surface area (Å²) in [6.45, 7) is 0. The van der Waals surface area contributed by atoms with Crippen LogP contribution in [0.25, 0.3) is 11.2 Å². The molecule has 0 unspecified atom stereocenters. The van der Waals surface area contributed by atoms with Gasteiger partial charge < -0.3 is 0 Å². The second-order valence-corrected chi connectivity index (χ2v) is 7.21. The zero-order chi connectivity index (χ0) is 15.4. The zero-order valence-electron chi connectivity index (χ0n) is 11.5. The Kier molecular flexibility index (Phi) is 2.88. The summed E-state index contributed by atoms with van der Waals surface area (Å²) in [7, 11) is -1.96. The SMILES string of the molecule is Cn1c(=O)n(C2CC(C#N)C2)c2nc(S(C)(=O)=O)ncc21. The predicted molar refractivity (Wildman–Crippen MR) is 73.3 cm³/mol. The van der Waals surface area contributed by atoms with Crippen LogP contribution in [0.15, 0.2) is 16.1 Å². The van der Waals surface area contributed by atoms with Crippen molar-refractivity contribution in [3.63, 3.8) is 0 Å². The van der Waals surface area contributed by atoms with Gasteiger partial charge in [-0.05, 0) is 12.8 Å². The molecule has 2 aromatic rings. The first-order valence-electron chi connectivity index (χ1n) is 6.36. The summed E-state index contributed by atoms with van der Waals surface area (Å²) in [6, 6.07) is 2.04. The van der Waals surface area contributed by atoms with Crippen LogP contribution in [0, 0.1) is 17.2 Å². The summed E-state index contributed by atoms with van der Waals surface area (Å²) >= 11 is 0. The van der Waals surface area contributed by atoms with E-state index in [0.717, 1.165) is 6.26 Å². The average molecular weight is 307 g/mol. The molecule has 2 heterocycles. The maximum Gasteiger partial charge on any atom is 0.330 e. The van der Waals surface area contributed by atoms with Crippen LogP contribution in [0.2, 0.25) is 0 Å². The molecule has 0 aromatic carbocycles. The first-order chi connectivity index (χ1) is 9.82. The lowest BCUT2D eigenvalue weighted by molar-refractivity contribution is 0.246. The van der Waals surface area contributed by atoms with Crippen molar-refractivity contribution in [2.45, 2.75) is 24.0 Å². The minimum atomic E-state index is -3.54. The van der Waals surface area contributed by atoms with E-state index in [1.165, 1.54) is 15.3 Å². The number of aromatic nitrogens is 4. The summed E-state index contributed by atoms with van der Waals surface area (Å²) in [5.74, 6) is -0.0617. The number of nitriles is 1. The smallest absolute Gasteiger partial charge is 0.292 e. The third kappa shape index (κ3) is 2.03. The Morgan fingerprint density at radius 3 is 2.67 bits per heavy atom. The summed E-state index contributed by atoms with van der Waals surface area (Å²) in [5, 5.41) is 8.54. The highest BCUT2D eigenvalue weighted by molar-refractivity contribution is 7.90. The molecule has 0 spiro atoms. The molecule has 8 nitrogen and oxygen atoms in total. The predicted octanol–water partition coefficient (Wildman–Crippen LogP) is 0.00818. The van der Waals surface area contributed by atoms with Crippen molar-refractivity contribution in [1.82, 2.24) is 19.1 Å². The maximum absolute atomic E-state index is 12.3. The van der Waals surface area contributed by atoms with Crippen molar-refractivity contribution < 1.29 is 8.42 Å². The van der Waals surface area contributed by atoms with Crippen molar-refractivity contribution in [2.75, 3.05) is 6.26 Å². The number of hydrogen-bond donors (Lipinski definition) is 0. The van der Waals surface area contributed by atoms with Crippen LogP contribution >= 0.6 is 0 Å². The highest BCUT2D eigenvalue weighted by Crippen LogP contribution is 2.37. The Balaban J connectivity index is 2.22. The maximum atomic E-state index is 12.3. The minimum absolute atomic E-state index is 0.0617. The summed E-state index contributed by atoms with van der Waals surface area (Å²) in [4.78, 5) is 20.1. The molecule has 0 bridgehead atoms. The number of imidazole rings is 1. The van der Waals surface area contributed by atoms with Crippen LogP contribution in [0.1, 0.15) is 18.9 Å². The number of aryl methyl sites for hydroxylation is 1. The Morgan fingerprint density at radius 2 is 2.10 bits per heavy atom. The molecular weight excluding hydrogens is 294 g/mol. The molecule has 1 fully saturated rings. The summed E-state index contributed by atoms with van der Waals surface area (Å²) in [5.41, 5.74) is 0.512. The van der Waals surface area contributed by atoms with E-state index in [1.54, 1.807) is 7.05 Å². The van der Waals surface area contributed by atoms with Gasteiger partial charge in [-0.15, -0.1) is 0 Å². The van der Waals surface area contributed by atoms with Gasteiger partial charge in [0.2, 0.25) is 15.0 Å². The molecule has 9 heteroatoms. The lowest BCUT2D eigenvalue weighted by atomic mass is 9.81. The highest BCUT2D eigenvalue weighted by atomic mass is 32.2. The van der Waals surface area contributed by atoms with Crippen LogP contribution in [0.3, 0.4) is 0 Å². The number of fused-ring (bicyclic) bond motifs is 1. The third-order valence-corrected chi connectivity index (χ3v) is 4.66. The molecule has 1 saturated carbocycles. The van der Waals surface area contributed by atoms with Crippen LogP contribution in [0.4, 0.5) is 0 Å². The van der Waals surface area contributed by atoms with Crippen molar-refractivity contribution in [3.05, 3.63) is 16.7 Å². The van der Waals surface area contributed by atoms with Crippen LogP contribution in [-0.4, -0.2) is 33.8 Å². The molecular formula is C12H13N5O3S. The van der Waals surface area contributed by atoms with E-state index < -0.39 is 9.84 Å². The van der Waals surface area contributed by atoms with E-state index in [-0.39, 0.29) is 22.8 Å². The molecule has 110 valence electrons. The Morgan fingerprint density at radius 1 is 1.43 bits per heavy atom. The van der Waals surface area contributed by atoms with Gasteiger partial charge in [0.05, 0.1) is 18.2 Å². The molecule has 0 atom stereocenters. The van der Waals surface area contributed by atoms with Crippen LogP contribution < -0.4 is 5.69 Å². The van der Waals surface area contributed by atoms with Gasteiger partial charge in [-0.2, -0.15) is 10.2 Å². The van der Waals surface area contributed by atoms with E-state index in [9.17, 15) is 13.2 Å². The van der Waals surface area contributed by atoms with Crippen molar-refractivity contribution in [1.29, 1.82) is 5.26 Å². The van der Waals surface area contributed by atoms with E-state index in [1.807, 2.05) is 0 Å². The van der Waals surface area contributed by atoms with Gasteiger partial charge >= 0.3 is 5.69 Å². The molecule has 0 amide bonds. The third-order valence-electron chi connectivity index (χ3n) is 3.80. The van der Waals surface area contributed by atoms with Crippen molar-refractivity contribution in [3.8, 4) is 6.07 Å². The Hall–Kier alpha value is -2.21. The normalized spacial score (nSPS) is 22.0. The zero-order valence-corrected chi connectivity index (χ0v) is 12.3. The fraction of sp³-hybridized carbons (Fsp3) is 0.500. The summed E-state index contributed by atoms with van der Waals surface area (Å²) < 4.78 is 26.0. The molecule has 0 radical (unpaired) electrons. The van der Waals surface area contributed by atoms with Gasteiger partial charge in [-0.25, -0.2) is 18.2 Å². The number of nitrogens with zero attached hydrogens (tertiary/aromatic N) is 5. The van der Waals surface area contributed by atoms with Crippen molar-refractivity contribution in [2.24, 2.45) is 13.0 Å². The minimum Gasteiger partial charge on any atom is -0.292 e. The van der Waals surface area contributed by atoms with E-state index in [2.05, 4.69) is 16.0 Å². The quantitative estimate of drug-likeness (QED) is 0.723. The average Bonchev–Trinajstić information content (AvgIpc) is 2.61. The van der Waals surface area contributed by atoms with Gasteiger partial charge in [0.15, 0.2) is 5.65 Å². The Bertz CT molecular complexity index is 928. The molecule has 2 aromatic heterocycles. The first-order valence-corrected chi connectivity index (χ1v) is 8.25. The molecule has 3 rings (SSSR count). The monoisotopic (exact) mass is 307 g/mol. The van der Waals surface area contributed by atoms with E-state index in [4.69, 9.17) is 5.26 Å². The van der Waals surface area contributed by atoms with E-state index >= 15 is 0 Å². The van der Waals surface area contributed by atoms with Gasteiger partial charge in [0.25, 0.3) is 0 Å². The molecule has 0 saturated heterocycles. The fourth-order valence-corrected chi connectivity index (χ4v) is 3.03. The second-order valence-electron chi connectivity index (χ2n) is 5.30. The van der Waals surface area contributed by atoms with Crippen LogP contribution in [-0.2, 0) is 16.9 Å². The first kappa shape index (κ1) is 13.8. The van der Waals surface area contributed by atoms with Crippen molar-refractivity contribution >= 4 is 21.0 Å². The lowest BCUT2D eigenvalue weighted by Crippen LogP contribution is -2.34. The molecule has 1 aliphatic carbocycles. The number of rotatable bonds is 2. The Labute approximate surface area is 120 Å². The molecule has 1 aliphatic rings. The fourth-order valence-electron chi connectivity index (χ4n) is 2.53. The summed E-state index contributed by atoms with van der Waals surface area (Å²) in [6.07, 6.45) is 3.52. The standard InChI is InChI=1S/C12H13N5O3S/c1-16-9-6-14-11(21(2,19)20)15-10(9)17(12(16)18)8-3-7(4-8)5-13/h6-8H,3-4H2,1-2H3. The number of hydrogen-bond acceptors (Lipinski definition) is 6. The van der Waals surface area contributed by atoms with Gasteiger partial charge in [0.1, 0.15) is 5.52 Å². The topological polar surface area (TPSA) is 111 Å². The largest absolute Gasteiger partial charge is 0.330 e. The van der Waals surface area contributed by atoms with Gasteiger partial charge in [-0.3, -0.25) is 9.13 Å². The molecule has 0 N–H and O–H groups in total. The second kappa shape index (κ2) is 4.39. The van der Waals surface area contributed by atoms with Crippen LogP contribution in [0.5, 0.6) is 0 Å². The number of sulfone groups is 1. The molecule has 21 heavy (non-hydrogen) atoms. The highest BCUT2D eigenvalue weighted by Gasteiger charge is 2.34. The van der Waals surface area contributed by atoms with Gasteiger partial charge in [-0.1, -0.05) is 0 Å². The lowest BCUT2D eigenvalue weighted by Gasteiger charge is -2.31. The van der Waals surface area contributed by atoms with E-state index in [0.29, 0.717) is 24.0 Å². The van der Waals surface area contributed by atoms with Gasteiger partial charge in [0, 0.05) is 19.3 Å². The molecule has 0 aliphatic heterocycles.